The van der Waals surface area contributed by atoms with Gasteiger partial charge in [-0.2, -0.15) is 9.49 Å². The third-order valence-electron chi connectivity index (χ3n) is 2.09. The number of carbonyl (C=O) groups excluding carboxylic acids is 1. The van der Waals surface area contributed by atoms with Crippen molar-refractivity contribution < 1.29 is 9.18 Å². The number of benzene rings is 1. The Balaban J connectivity index is 2.52. The molecule has 4 heteroatoms. The first kappa shape index (κ1) is 9.58. The van der Waals surface area contributed by atoms with Crippen LogP contribution in [-0.2, 0) is 0 Å². The average molecular weight is 204 g/mol. The van der Waals surface area contributed by atoms with Crippen LogP contribution in [0.25, 0.3) is 5.69 Å². The molecular weight excluding hydrogens is 195 g/mol. The molecule has 2 aromatic rings. The number of ketones is 1. The van der Waals surface area contributed by atoms with E-state index >= 15 is 0 Å². The molecule has 0 unspecified atom stereocenters. The van der Waals surface area contributed by atoms with E-state index in [9.17, 15) is 9.18 Å². The SMILES string of the molecule is CC(=O)c1cnn(-c2ccccc2)c1F. The van der Waals surface area contributed by atoms with Crippen molar-refractivity contribution in [2.45, 2.75) is 6.92 Å². The van der Waals surface area contributed by atoms with Crippen molar-refractivity contribution in [2.75, 3.05) is 0 Å². The second kappa shape index (κ2) is 3.65. The molecule has 0 N–H and O–H groups in total. The molecule has 0 saturated heterocycles. The summed E-state index contributed by atoms with van der Waals surface area (Å²) in [4.78, 5) is 11.0. The van der Waals surface area contributed by atoms with E-state index in [1.807, 2.05) is 6.07 Å². The standard InChI is InChI=1S/C11H9FN2O/c1-8(15)10-7-13-14(11(10)12)9-5-3-2-4-6-9/h2-7H,1H3. The fourth-order valence-corrected chi connectivity index (χ4v) is 1.32. The Morgan fingerprint density at radius 2 is 2.00 bits per heavy atom. The van der Waals surface area contributed by atoms with Crippen molar-refractivity contribution in [3.05, 3.63) is 48.0 Å². The highest BCUT2D eigenvalue weighted by Gasteiger charge is 2.14. The number of Topliss-reactive ketones (excluding diaryl/α,β-unsaturated/α-hetero) is 1. The van der Waals surface area contributed by atoms with Crippen LogP contribution in [0.15, 0.2) is 36.5 Å². The normalized spacial score (nSPS) is 10.3. The summed E-state index contributed by atoms with van der Waals surface area (Å²) in [5, 5.41) is 3.83. The molecular formula is C11H9FN2O. The van der Waals surface area contributed by atoms with Gasteiger partial charge in [0.15, 0.2) is 5.78 Å². The molecule has 3 nitrogen and oxygen atoms in total. The van der Waals surface area contributed by atoms with Gasteiger partial charge in [0, 0.05) is 0 Å². The first-order valence-electron chi connectivity index (χ1n) is 4.50. The lowest BCUT2D eigenvalue weighted by molar-refractivity contribution is 0.101. The Morgan fingerprint density at radius 1 is 1.33 bits per heavy atom. The summed E-state index contributed by atoms with van der Waals surface area (Å²) in [6.07, 6.45) is 1.24. The summed E-state index contributed by atoms with van der Waals surface area (Å²) in [5.41, 5.74) is 0.612. The van der Waals surface area contributed by atoms with E-state index in [0.29, 0.717) is 5.69 Å². The number of carbonyl (C=O) groups is 1. The maximum atomic E-state index is 13.6. The second-order valence-electron chi connectivity index (χ2n) is 3.15. The van der Waals surface area contributed by atoms with E-state index in [2.05, 4.69) is 5.10 Å². The van der Waals surface area contributed by atoms with Crippen molar-refractivity contribution in [3.63, 3.8) is 0 Å². The number of aromatic nitrogens is 2. The molecule has 76 valence electrons. The summed E-state index contributed by atoms with van der Waals surface area (Å²) < 4.78 is 14.8. The van der Waals surface area contributed by atoms with Crippen LogP contribution in [0, 0.1) is 5.95 Å². The Bertz CT molecular complexity index is 491. The van der Waals surface area contributed by atoms with Gasteiger partial charge in [-0.3, -0.25) is 4.79 Å². The van der Waals surface area contributed by atoms with Crippen LogP contribution in [-0.4, -0.2) is 15.6 Å². The van der Waals surface area contributed by atoms with Crippen LogP contribution >= 0.6 is 0 Å². The highest BCUT2D eigenvalue weighted by Crippen LogP contribution is 2.13. The number of halogens is 1. The summed E-state index contributed by atoms with van der Waals surface area (Å²) in [5.74, 6) is -0.941. The third kappa shape index (κ3) is 1.66. The van der Waals surface area contributed by atoms with Crippen LogP contribution in [0.4, 0.5) is 4.39 Å². The van der Waals surface area contributed by atoms with Crippen molar-refractivity contribution in [2.24, 2.45) is 0 Å². The van der Waals surface area contributed by atoms with Gasteiger partial charge in [-0.05, 0) is 19.1 Å². The molecule has 0 bridgehead atoms. The largest absolute Gasteiger partial charge is 0.294 e. The minimum atomic E-state index is -0.617. The lowest BCUT2D eigenvalue weighted by Gasteiger charge is -2.00. The van der Waals surface area contributed by atoms with Crippen LogP contribution in [0.1, 0.15) is 17.3 Å². The summed E-state index contributed by atoms with van der Waals surface area (Å²) >= 11 is 0. The summed E-state index contributed by atoms with van der Waals surface area (Å²) in [6.45, 7) is 1.31. The fraction of sp³-hybridized carbons (Fsp3) is 0.0909. The van der Waals surface area contributed by atoms with E-state index in [4.69, 9.17) is 0 Å². The zero-order chi connectivity index (χ0) is 10.8. The molecule has 0 aliphatic carbocycles. The molecule has 2 rings (SSSR count). The van der Waals surface area contributed by atoms with Crippen molar-refractivity contribution in [1.29, 1.82) is 0 Å². The highest BCUT2D eigenvalue weighted by molar-refractivity contribution is 5.93. The average Bonchev–Trinajstić information content (AvgIpc) is 2.61. The fourth-order valence-electron chi connectivity index (χ4n) is 1.32. The lowest BCUT2D eigenvalue weighted by atomic mass is 10.2. The van der Waals surface area contributed by atoms with E-state index < -0.39 is 5.95 Å². The molecule has 0 atom stereocenters. The number of hydrogen-bond donors (Lipinski definition) is 0. The Morgan fingerprint density at radius 3 is 2.53 bits per heavy atom. The van der Waals surface area contributed by atoms with Gasteiger partial charge in [0.25, 0.3) is 0 Å². The monoisotopic (exact) mass is 204 g/mol. The Kier molecular flexibility index (Phi) is 2.33. The zero-order valence-electron chi connectivity index (χ0n) is 8.14. The van der Waals surface area contributed by atoms with Crippen LogP contribution in [0.5, 0.6) is 0 Å². The minimum absolute atomic E-state index is 0.0128. The number of para-hydroxylation sites is 1. The molecule has 0 aliphatic rings. The van der Waals surface area contributed by atoms with Crippen LogP contribution < -0.4 is 0 Å². The molecule has 15 heavy (non-hydrogen) atoms. The molecule has 0 fully saturated rings. The predicted octanol–water partition coefficient (Wildman–Crippen LogP) is 2.21. The zero-order valence-corrected chi connectivity index (χ0v) is 8.14. The Labute approximate surface area is 86.2 Å². The predicted molar refractivity (Wildman–Crippen MR) is 53.5 cm³/mol. The van der Waals surface area contributed by atoms with Gasteiger partial charge in [-0.15, -0.1) is 0 Å². The molecule has 0 aliphatic heterocycles. The van der Waals surface area contributed by atoms with E-state index in [0.717, 1.165) is 4.68 Å². The molecule has 0 saturated carbocycles. The lowest BCUT2D eigenvalue weighted by Crippen LogP contribution is -2.01. The van der Waals surface area contributed by atoms with Gasteiger partial charge in [0.1, 0.15) is 0 Å². The van der Waals surface area contributed by atoms with Crippen molar-refractivity contribution in [1.82, 2.24) is 9.78 Å². The van der Waals surface area contributed by atoms with Crippen LogP contribution in [0.3, 0.4) is 0 Å². The number of hydrogen-bond acceptors (Lipinski definition) is 2. The Hall–Kier alpha value is -1.97. The van der Waals surface area contributed by atoms with Crippen LogP contribution in [0.2, 0.25) is 0 Å². The van der Waals surface area contributed by atoms with Crippen molar-refractivity contribution >= 4 is 5.78 Å². The van der Waals surface area contributed by atoms with Gasteiger partial charge in [-0.25, -0.2) is 4.68 Å². The quantitative estimate of drug-likeness (QED) is 0.703. The number of rotatable bonds is 2. The molecule has 0 radical (unpaired) electrons. The maximum Gasteiger partial charge on any atom is 0.227 e. The second-order valence-corrected chi connectivity index (χ2v) is 3.15. The summed E-state index contributed by atoms with van der Waals surface area (Å²) in [6, 6.07) is 8.84. The summed E-state index contributed by atoms with van der Waals surface area (Å²) in [7, 11) is 0. The molecule has 1 heterocycles. The van der Waals surface area contributed by atoms with E-state index in [-0.39, 0.29) is 11.3 Å². The molecule has 1 aromatic carbocycles. The molecule has 0 amide bonds. The number of nitrogens with zero attached hydrogens (tertiary/aromatic N) is 2. The minimum Gasteiger partial charge on any atom is -0.294 e. The van der Waals surface area contributed by atoms with E-state index in [1.54, 1.807) is 24.3 Å². The maximum absolute atomic E-state index is 13.6. The first-order chi connectivity index (χ1) is 7.20. The van der Waals surface area contributed by atoms with Gasteiger partial charge in [0.05, 0.1) is 17.4 Å². The van der Waals surface area contributed by atoms with Gasteiger partial charge >= 0.3 is 0 Å². The topological polar surface area (TPSA) is 34.9 Å². The van der Waals surface area contributed by atoms with Gasteiger partial charge in [-0.1, -0.05) is 18.2 Å². The van der Waals surface area contributed by atoms with Gasteiger partial charge in [0.2, 0.25) is 5.95 Å². The first-order valence-corrected chi connectivity index (χ1v) is 4.50. The third-order valence-corrected chi connectivity index (χ3v) is 2.09. The van der Waals surface area contributed by atoms with Crippen molar-refractivity contribution in [3.8, 4) is 5.69 Å². The highest BCUT2D eigenvalue weighted by atomic mass is 19.1. The smallest absolute Gasteiger partial charge is 0.227 e. The molecule has 1 aromatic heterocycles. The van der Waals surface area contributed by atoms with E-state index in [1.165, 1.54) is 13.1 Å². The molecule has 0 spiro atoms. The van der Waals surface area contributed by atoms with Gasteiger partial charge < -0.3 is 0 Å².